The van der Waals surface area contributed by atoms with Crippen LogP contribution in [0.3, 0.4) is 0 Å². The molecule has 0 bridgehead atoms. The molecule has 5 aromatic rings. The van der Waals surface area contributed by atoms with Crippen LogP contribution in [0.15, 0.2) is 53.5 Å². The minimum atomic E-state index is -1.92. The molecule has 0 atom stereocenters. The fraction of sp³-hybridized carbons (Fsp3) is 0.511. The zero-order valence-corrected chi connectivity index (χ0v) is 43.4. The molecular formula is C47H66FN7O5S2Si2. The molecule has 0 aliphatic heterocycles. The molecule has 2 aromatic carbocycles. The second kappa shape index (κ2) is 22.8. The number of thiazole rings is 2. The number of carbonyl (C=O) groups is 1. The highest BCUT2D eigenvalue weighted by atomic mass is 32.1. The number of aromatic nitrogens is 4. The number of anilines is 2. The van der Waals surface area contributed by atoms with E-state index in [9.17, 15) is 9.18 Å². The lowest BCUT2D eigenvalue weighted by molar-refractivity contribution is 0.0593. The molecule has 64 heavy (non-hydrogen) atoms. The van der Waals surface area contributed by atoms with Crippen LogP contribution in [0.5, 0.6) is 5.75 Å². The first-order valence-electron chi connectivity index (χ1n) is 21.9. The van der Waals surface area contributed by atoms with E-state index in [1.165, 1.54) is 24.5 Å². The Morgan fingerprint density at radius 1 is 0.969 bits per heavy atom. The lowest BCUT2D eigenvalue weighted by atomic mass is 10.2. The highest BCUT2D eigenvalue weighted by molar-refractivity contribution is 7.16. The Morgan fingerprint density at radius 3 is 2.42 bits per heavy atom. The number of esters is 1. The zero-order valence-electron chi connectivity index (χ0n) is 39.8. The highest BCUT2D eigenvalue weighted by Gasteiger charge is 2.37. The van der Waals surface area contributed by atoms with E-state index in [2.05, 4.69) is 87.1 Å². The van der Waals surface area contributed by atoms with Crippen LogP contribution < -0.4 is 14.4 Å². The van der Waals surface area contributed by atoms with Crippen LogP contribution in [-0.2, 0) is 27.1 Å². The number of hydrogen-bond donors (Lipinski definition) is 0. The second-order valence-electron chi connectivity index (χ2n) is 18.8. The molecule has 0 aliphatic carbocycles. The Balaban J connectivity index is 1.40. The SMILES string of the molecule is COC(=O)c1nc(N(CCCCO[Si](C)(C)C(C)(C)C)c2cc(C)c(/N=c3\sc4ccccc4n3COCC[Si](C)(C)C)nn2)sc1CCCOc1ccc(C#CCN(C)C)cc1F. The number of para-hydroxylation sites is 1. The lowest BCUT2D eigenvalue weighted by Crippen LogP contribution is -2.41. The number of nitrogens with zero attached hydrogens (tertiary/aromatic N) is 7. The first-order valence-corrected chi connectivity index (χ1v) is 30.1. The maximum atomic E-state index is 14.9. The van der Waals surface area contributed by atoms with Crippen LogP contribution in [0.25, 0.3) is 10.2 Å². The summed E-state index contributed by atoms with van der Waals surface area (Å²) >= 11 is 2.99. The summed E-state index contributed by atoms with van der Waals surface area (Å²) in [6.07, 6.45) is 2.58. The number of hydrogen-bond acceptors (Lipinski definition) is 13. The third kappa shape index (κ3) is 14.4. The van der Waals surface area contributed by atoms with Crippen LogP contribution in [0.4, 0.5) is 21.2 Å². The smallest absolute Gasteiger partial charge is 0.357 e. The van der Waals surface area contributed by atoms with Gasteiger partial charge in [0, 0.05) is 38.3 Å². The number of carbonyl (C=O) groups excluding carboxylic acids is 1. The van der Waals surface area contributed by atoms with Gasteiger partial charge in [0.05, 0.1) is 30.5 Å². The fourth-order valence-electron chi connectivity index (χ4n) is 6.08. The van der Waals surface area contributed by atoms with E-state index in [0.29, 0.717) is 68.2 Å². The molecule has 17 heteroatoms. The Morgan fingerprint density at radius 2 is 1.73 bits per heavy atom. The molecular weight excluding hydrogens is 882 g/mol. The summed E-state index contributed by atoms with van der Waals surface area (Å²) in [7, 11) is 2.04. The molecule has 0 spiro atoms. The lowest BCUT2D eigenvalue weighted by Gasteiger charge is -2.36. The van der Waals surface area contributed by atoms with Gasteiger partial charge in [-0.15, -0.1) is 21.5 Å². The minimum absolute atomic E-state index is 0.112. The van der Waals surface area contributed by atoms with Gasteiger partial charge in [0.1, 0.15) is 6.73 Å². The number of fused-ring (bicyclic) bond motifs is 1. The van der Waals surface area contributed by atoms with Crippen molar-refractivity contribution in [2.75, 3.05) is 59.0 Å². The predicted octanol–water partition coefficient (Wildman–Crippen LogP) is 10.6. The van der Waals surface area contributed by atoms with Crippen molar-refractivity contribution in [1.82, 2.24) is 24.6 Å². The molecule has 0 amide bonds. The van der Waals surface area contributed by atoms with Crippen molar-refractivity contribution in [1.29, 1.82) is 0 Å². The van der Waals surface area contributed by atoms with Gasteiger partial charge in [0.2, 0.25) is 0 Å². The van der Waals surface area contributed by atoms with Crippen LogP contribution in [-0.4, -0.2) is 101 Å². The van der Waals surface area contributed by atoms with Gasteiger partial charge in [0.25, 0.3) is 0 Å². The standard InChI is InChI=1S/C47H66FN7O5S2Si2/c1-34-31-41(51-52-43(34)50-46-55(33-58-29-30-63(8,9)10)37-20-13-14-21-39(37)61-46)54(26-15-16-28-60-64(11,12)47(2,3)4)45-49-42(44(56)57-7)40(62-45)22-18-27-59-38-24-23-35(32-36(38)48)19-17-25-53(5)6/h13-14,20-21,23-24,31-32H,15-16,18,22,25-30,33H2,1-12H3/b50-46-. The third-order valence-electron chi connectivity index (χ3n) is 10.9. The topological polar surface area (TPSA) is 116 Å². The number of ether oxygens (including phenoxy) is 3. The number of aryl methyl sites for hydroxylation is 2. The first-order chi connectivity index (χ1) is 30.3. The monoisotopic (exact) mass is 947 g/mol. The molecule has 0 unspecified atom stereocenters. The summed E-state index contributed by atoms with van der Waals surface area (Å²) in [6, 6.07) is 16.0. The van der Waals surface area contributed by atoms with E-state index in [1.807, 2.05) is 49.0 Å². The van der Waals surface area contributed by atoms with Crippen LogP contribution in [0, 0.1) is 24.6 Å². The maximum Gasteiger partial charge on any atom is 0.357 e. The van der Waals surface area contributed by atoms with E-state index in [4.69, 9.17) is 33.7 Å². The van der Waals surface area contributed by atoms with Gasteiger partial charge in [-0.3, -0.25) is 9.47 Å². The number of methoxy groups -OCH3 is 1. The molecule has 0 radical (unpaired) electrons. The third-order valence-corrected chi connectivity index (χ3v) is 19.4. The van der Waals surface area contributed by atoms with Gasteiger partial charge < -0.3 is 23.5 Å². The summed E-state index contributed by atoms with van der Waals surface area (Å²) in [5.74, 6) is 6.24. The average Bonchev–Trinajstić information content (AvgIpc) is 3.80. The normalized spacial score (nSPS) is 12.5. The van der Waals surface area contributed by atoms with Gasteiger partial charge in [-0.2, -0.15) is 4.99 Å². The molecule has 0 fully saturated rings. The fourth-order valence-corrected chi connectivity index (χ4v) is 10.1. The summed E-state index contributed by atoms with van der Waals surface area (Å²) in [5.41, 5.74) is 2.71. The Kier molecular flexibility index (Phi) is 18.0. The van der Waals surface area contributed by atoms with Crippen molar-refractivity contribution >= 4 is 72.0 Å². The molecule has 0 aliphatic rings. The number of rotatable bonds is 21. The first kappa shape index (κ1) is 50.7. The van der Waals surface area contributed by atoms with Crippen molar-refractivity contribution in [3.05, 3.63) is 80.8 Å². The van der Waals surface area contributed by atoms with Crippen molar-refractivity contribution in [3.63, 3.8) is 0 Å². The van der Waals surface area contributed by atoms with E-state index in [-0.39, 0.29) is 23.1 Å². The number of unbranched alkanes of at least 4 members (excludes halogenated alkanes) is 1. The minimum Gasteiger partial charge on any atom is -0.491 e. The molecule has 3 aromatic heterocycles. The average molecular weight is 948 g/mol. The van der Waals surface area contributed by atoms with Crippen molar-refractivity contribution in [2.45, 2.75) is 104 Å². The molecule has 5 rings (SSSR count). The Bertz CT molecular complexity index is 2480. The zero-order chi connectivity index (χ0) is 46.7. The van der Waals surface area contributed by atoms with Crippen molar-refractivity contribution in [2.24, 2.45) is 4.99 Å². The van der Waals surface area contributed by atoms with Gasteiger partial charge in [-0.1, -0.05) is 75.7 Å². The summed E-state index contributed by atoms with van der Waals surface area (Å²) in [4.78, 5) is 28.5. The molecule has 0 saturated heterocycles. The molecule has 0 N–H and O–H groups in total. The van der Waals surface area contributed by atoms with Gasteiger partial charge in [-0.25, -0.2) is 14.2 Å². The highest BCUT2D eigenvalue weighted by Crippen LogP contribution is 2.37. The predicted molar refractivity (Wildman–Crippen MR) is 264 cm³/mol. The Labute approximate surface area is 389 Å². The van der Waals surface area contributed by atoms with E-state index >= 15 is 0 Å². The maximum absolute atomic E-state index is 14.9. The van der Waals surface area contributed by atoms with Crippen LogP contribution >= 0.6 is 22.7 Å². The largest absolute Gasteiger partial charge is 0.491 e. The molecule has 12 nitrogen and oxygen atoms in total. The van der Waals surface area contributed by atoms with Crippen LogP contribution in [0.2, 0.25) is 43.8 Å². The van der Waals surface area contributed by atoms with Gasteiger partial charge >= 0.3 is 5.97 Å². The quantitative estimate of drug-likeness (QED) is 0.0305. The van der Waals surface area contributed by atoms with Crippen molar-refractivity contribution < 1.29 is 27.8 Å². The summed E-state index contributed by atoms with van der Waals surface area (Å²) in [5, 5.41) is 10.1. The molecule has 3 heterocycles. The summed E-state index contributed by atoms with van der Waals surface area (Å²) in [6.45, 7) is 23.4. The van der Waals surface area contributed by atoms with E-state index in [0.717, 1.165) is 44.3 Å². The van der Waals surface area contributed by atoms with Gasteiger partial charge in [-0.05, 0) is 113 Å². The number of benzene rings is 2. The van der Waals surface area contributed by atoms with E-state index < -0.39 is 28.2 Å². The molecule has 0 saturated carbocycles. The summed E-state index contributed by atoms with van der Waals surface area (Å²) < 4.78 is 41.9. The van der Waals surface area contributed by atoms with Gasteiger partial charge in [0.15, 0.2) is 47.1 Å². The number of halogens is 1. The van der Waals surface area contributed by atoms with E-state index in [1.54, 1.807) is 23.5 Å². The van der Waals surface area contributed by atoms with Crippen LogP contribution in [0.1, 0.15) is 66.5 Å². The second-order valence-corrected chi connectivity index (χ2v) is 31.3. The van der Waals surface area contributed by atoms with Crippen molar-refractivity contribution in [3.8, 4) is 17.6 Å². The molecule has 346 valence electrons. The Hall–Kier alpha value is -4.29.